The molecule has 48 heavy (non-hydrogen) atoms. The van der Waals surface area contributed by atoms with Crippen molar-refractivity contribution in [3.63, 3.8) is 0 Å². The summed E-state index contributed by atoms with van der Waals surface area (Å²) in [6.45, 7) is 4.92. The number of hydrogen-bond acceptors (Lipinski definition) is 10. The number of rotatable bonds is 13. The van der Waals surface area contributed by atoms with Gasteiger partial charge in [0.1, 0.15) is 18.2 Å². The van der Waals surface area contributed by atoms with E-state index in [1.807, 2.05) is 33.0 Å². The van der Waals surface area contributed by atoms with E-state index in [1.165, 1.54) is 11.9 Å². The predicted molar refractivity (Wildman–Crippen MR) is 174 cm³/mol. The third kappa shape index (κ3) is 6.99. The summed E-state index contributed by atoms with van der Waals surface area (Å²) in [6.07, 6.45) is 0.724. The van der Waals surface area contributed by atoms with E-state index < -0.39 is 53.5 Å². The first-order chi connectivity index (χ1) is 22.7. The number of aliphatic carboxylic acids is 1. The highest BCUT2D eigenvalue weighted by Crippen LogP contribution is 2.62. The summed E-state index contributed by atoms with van der Waals surface area (Å²) in [6, 6.07) is 2.50. The van der Waals surface area contributed by atoms with Gasteiger partial charge in [0.15, 0.2) is 23.6 Å². The van der Waals surface area contributed by atoms with Crippen LogP contribution in [-0.4, -0.2) is 121 Å². The van der Waals surface area contributed by atoms with Crippen LogP contribution in [0.25, 0.3) is 0 Å². The number of hydrogen-bond donors (Lipinski definition) is 6. The summed E-state index contributed by atoms with van der Waals surface area (Å²) in [7, 11) is 5.05. The fraction of sp³-hybridized carbons (Fsp3) is 0.594. The van der Waals surface area contributed by atoms with Gasteiger partial charge in [-0.25, -0.2) is 4.79 Å². The number of aryl methyl sites for hydroxylation is 1. The Labute approximate surface area is 279 Å². The SMILES string of the molecule is COc1ccc(C)c2c1O[C@H]1C(OC(=O)N(C)CCNC(=O)[C@H](CCCN=C(N)N)NC(=O)CC(=O)O)=CC[C@@]3(O)[C@@H](C)N(C)CC[C@]213. The molecule has 8 N–H and O–H groups in total. The van der Waals surface area contributed by atoms with Gasteiger partial charge in [-0.2, -0.15) is 0 Å². The van der Waals surface area contributed by atoms with Crippen molar-refractivity contribution >= 4 is 29.8 Å². The zero-order valence-electron chi connectivity index (χ0n) is 28.1. The van der Waals surface area contributed by atoms with Gasteiger partial charge in [0.05, 0.1) is 18.1 Å². The second-order valence-electron chi connectivity index (χ2n) is 12.6. The van der Waals surface area contributed by atoms with Crippen LogP contribution in [0.5, 0.6) is 11.5 Å². The van der Waals surface area contributed by atoms with E-state index in [9.17, 15) is 24.3 Å². The normalized spacial score (nSPS) is 24.8. The smallest absolute Gasteiger partial charge is 0.414 e. The third-order valence-electron chi connectivity index (χ3n) is 9.71. The molecule has 2 aliphatic heterocycles. The number of carboxylic acids is 1. The molecule has 16 heteroatoms. The van der Waals surface area contributed by atoms with Crippen molar-refractivity contribution in [2.24, 2.45) is 16.5 Å². The number of carbonyl (C=O) groups excluding carboxylic acids is 3. The minimum Gasteiger partial charge on any atom is -0.493 e. The van der Waals surface area contributed by atoms with Crippen LogP contribution in [-0.2, 0) is 24.5 Å². The zero-order chi connectivity index (χ0) is 35.4. The number of carbonyl (C=O) groups is 4. The van der Waals surface area contributed by atoms with Crippen molar-refractivity contribution in [3.05, 3.63) is 35.1 Å². The molecule has 0 saturated carbocycles. The molecule has 16 nitrogen and oxygen atoms in total. The van der Waals surface area contributed by atoms with Gasteiger partial charge in [0.2, 0.25) is 11.8 Å². The first kappa shape index (κ1) is 36.3. The molecule has 0 unspecified atom stereocenters. The summed E-state index contributed by atoms with van der Waals surface area (Å²) >= 11 is 0. The average Bonchev–Trinajstić information content (AvgIpc) is 3.39. The standard InChI is InChI=1S/C32H47N7O9/c1-18-8-9-21(46-5)26-25(18)31-12-15-38(3)19(2)32(31,45)11-10-22(27(31)48-26)47-30(44)39(4)16-14-35-28(43)20(7-6-13-36-29(33)34)37-23(40)17-24(41)42/h8-10,19-20,27,45H,6-7,11-17H2,1-5H3,(H,35,43)(H,37,40)(H,41,42)(H4,33,34,36)/t19-,20+,27+,31+,32-/m1/s1. The van der Waals surface area contributed by atoms with Crippen molar-refractivity contribution in [1.82, 2.24) is 20.4 Å². The lowest BCUT2D eigenvalue weighted by Gasteiger charge is -2.58. The molecule has 0 bridgehead atoms. The minimum absolute atomic E-state index is 0.0119. The molecular formula is C32H47N7O9. The number of amides is 3. The molecule has 1 aromatic rings. The van der Waals surface area contributed by atoms with Crippen LogP contribution in [0.3, 0.4) is 0 Å². The number of likely N-dealkylation sites (N-methyl/N-ethyl adjacent to an activating group) is 2. The summed E-state index contributed by atoms with van der Waals surface area (Å²) in [4.78, 5) is 56.6. The second-order valence-corrected chi connectivity index (χ2v) is 12.6. The fourth-order valence-corrected chi connectivity index (χ4v) is 7.05. The Morgan fingerprint density at radius 1 is 1.27 bits per heavy atom. The fourth-order valence-electron chi connectivity index (χ4n) is 7.05. The Morgan fingerprint density at radius 3 is 2.67 bits per heavy atom. The van der Waals surface area contributed by atoms with E-state index >= 15 is 0 Å². The maximum absolute atomic E-state index is 13.4. The molecule has 3 amide bonds. The summed E-state index contributed by atoms with van der Waals surface area (Å²) in [5.41, 5.74) is 10.3. The Balaban J connectivity index is 1.44. The molecule has 5 atom stereocenters. The van der Waals surface area contributed by atoms with Crippen LogP contribution in [0, 0.1) is 6.92 Å². The average molecular weight is 674 g/mol. The molecule has 2 heterocycles. The highest BCUT2D eigenvalue weighted by atomic mass is 16.6. The molecule has 1 aliphatic carbocycles. The molecule has 1 saturated heterocycles. The Bertz CT molecular complexity index is 1480. The first-order valence-corrected chi connectivity index (χ1v) is 15.9. The molecule has 0 aromatic heterocycles. The number of carboxylic acid groups (broad SMARTS) is 1. The lowest BCUT2D eigenvalue weighted by molar-refractivity contribution is -0.153. The van der Waals surface area contributed by atoms with E-state index in [0.717, 1.165) is 11.1 Å². The molecule has 0 radical (unpaired) electrons. The monoisotopic (exact) mass is 673 g/mol. The second kappa shape index (κ2) is 14.7. The minimum atomic E-state index is -1.33. The van der Waals surface area contributed by atoms with E-state index in [0.29, 0.717) is 30.9 Å². The number of aliphatic imine (C=N–C) groups is 1. The van der Waals surface area contributed by atoms with E-state index in [2.05, 4.69) is 20.5 Å². The molecule has 264 valence electrons. The highest BCUT2D eigenvalue weighted by Gasteiger charge is 2.69. The molecule has 1 fully saturated rings. The van der Waals surface area contributed by atoms with Gasteiger partial charge < -0.3 is 56.3 Å². The van der Waals surface area contributed by atoms with Gasteiger partial charge in [-0.15, -0.1) is 0 Å². The number of nitrogens with one attached hydrogen (secondary N) is 2. The van der Waals surface area contributed by atoms with Crippen LogP contribution >= 0.6 is 0 Å². The van der Waals surface area contributed by atoms with Gasteiger partial charge in [0.25, 0.3) is 0 Å². The first-order valence-electron chi connectivity index (χ1n) is 15.9. The van der Waals surface area contributed by atoms with Crippen LogP contribution < -0.4 is 31.6 Å². The number of ether oxygens (including phenoxy) is 3. The molecule has 4 rings (SSSR count). The van der Waals surface area contributed by atoms with E-state index in [4.69, 9.17) is 30.8 Å². The molecular weight excluding hydrogens is 626 g/mol. The van der Waals surface area contributed by atoms with Crippen molar-refractivity contribution in [1.29, 1.82) is 0 Å². The maximum atomic E-state index is 13.4. The van der Waals surface area contributed by atoms with Gasteiger partial charge >= 0.3 is 12.1 Å². The molecule has 3 aliphatic rings. The van der Waals surface area contributed by atoms with Gasteiger partial charge in [0, 0.05) is 44.7 Å². The van der Waals surface area contributed by atoms with Crippen molar-refractivity contribution in [2.75, 3.05) is 47.4 Å². The third-order valence-corrected chi connectivity index (χ3v) is 9.71. The van der Waals surface area contributed by atoms with Gasteiger partial charge in [-0.05, 0) is 64.4 Å². The van der Waals surface area contributed by atoms with Crippen LogP contribution in [0.15, 0.2) is 29.0 Å². The van der Waals surface area contributed by atoms with Crippen molar-refractivity contribution in [2.45, 2.75) is 75.2 Å². The van der Waals surface area contributed by atoms with Gasteiger partial charge in [-0.3, -0.25) is 19.4 Å². The number of nitrogens with two attached hydrogens (primary N) is 2. The van der Waals surface area contributed by atoms with Crippen molar-refractivity contribution in [3.8, 4) is 11.5 Å². The molecule has 1 aromatic carbocycles. The summed E-state index contributed by atoms with van der Waals surface area (Å²) in [5.74, 6) is -1.48. The number of piperidine rings is 1. The Hall–Kier alpha value is -4.57. The topological polar surface area (TPSA) is 231 Å². The number of benzene rings is 1. The number of fused-ring (bicyclic) bond motifs is 1. The van der Waals surface area contributed by atoms with E-state index in [-0.39, 0.29) is 50.2 Å². The number of guanidine groups is 1. The maximum Gasteiger partial charge on any atom is 0.414 e. The summed E-state index contributed by atoms with van der Waals surface area (Å²) in [5, 5.41) is 26.4. The number of likely N-dealkylation sites (tertiary alicyclic amines) is 1. The lowest BCUT2D eigenvalue weighted by atomic mass is 9.54. The molecule has 1 spiro atoms. The largest absolute Gasteiger partial charge is 0.493 e. The number of methoxy groups -OCH3 is 1. The Morgan fingerprint density at radius 2 is 2.00 bits per heavy atom. The number of nitrogens with zero attached hydrogens (tertiary/aromatic N) is 3. The Kier molecular flexibility index (Phi) is 11.1. The van der Waals surface area contributed by atoms with Crippen molar-refractivity contribution < 1.29 is 43.6 Å². The zero-order valence-corrected chi connectivity index (χ0v) is 28.1. The summed E-state index contributed by atoms with van der Waals surface area (Å²) < 4.78 is 18.1. The van der Waals surface area contributed by atoms with Crippen LogP contribution in [0.2, 0.25) is 0 Å². The van der Waals surface area contributed by atoms with Gasteiger partial charge in [-0.1, -0.05) is 6.07 Å². The quantitative estimate of drug-likeness (QED) is 0.0700. The van der Waals surface area contributed by atoms with E-state index in [1.54, 1.807) is 13.2 Å². The predicted octanol–water partition coefficient (Wildman–Crippen LogP) is -0.0572. The lowest BCUT2D eigenvalue weighted by Crippen LogP contribution is -2.71. The van der Waals surface area contributed by atoms with Crippen LogP contribution in [0.4, 0.5) is 4.79 Å². The van der Waals surface area contributed by atoms with Crippen LogP contribution in [0.1, 0.15) is 50.2 Å². The number of aliphatic hydroxyl groups is 1. The highest BCUT2D eigenvalue weighted by molar-refractivity contribution is 5.96.